The van der Waals surface area contributed by atoms with Gasteiger partial charge in [-0.3, -0.25) is 0 Å². The molecular formula is C16H23NO2S. The lowest BCUT2D eigenvalue weighted by Crippen LogP contribution is -2.27. The molecule has 0 saturated heterocycles. The van der Waals surface area contributed by atoms with E-state index in [1.807, 2.05) is 17.8 Å². The molecule has 3 rings (SSSR count). The van der Waals surface area contributed by atoms with Crippen molar-refractivity contribution < 1.29 is 9.47 Å². The van der Waals surface area contributed by atoms with E-state index >= 15 is 0 Å². The molecule has 110 valence electrons. The first kappa shape index (κ1) is 14.1. The van der Waals surface area contributed by atoms with Gasteiger partial charge in [-0.15, -0.1) is 11.8 Å². The zero-order chi connectivity index (χ0) is 13.6. The van der Waals surface area contributed by atoms with Crippen molar-refractivity contribution in [1.82, 2.24) is 5.32 Å². The molecule has 4 heteroatoms. The van der Waals surface area contributed by atoms with Crippen LogP contribution in [0, 0.1) is 0 Å². The van der Waals surface area contributed by atoms with Crippen LogP contribution in [0.5, 0.6) is 11.5 Å². The van der Waals surface area contributed by atoms with E-state index in [2.05, 4.69) is 17.4 Å². The summed E-state index contributed by atoms with van der Waals surface area (Å²) in [5.41, 5.74) is 0. The molecule has 1 aromatic carbocycles. The molecule has 1 heterocycles. The summed E-state index contributed by atoms with van der Waals surface area (Å²) < 4.78 is 11.1. The Morgan fingerprint density at radius 2 is 1.90 bits per heavy atom. The van der Waals surface area contributed by atoms with Crippen LogP contribution in [0.4, 0.5) is 0 Å². The summed E-state index contributed by atoms with van der Waals surface area (Å²) in [5.74, 6) is 2.92. The molecule has 0 bridgehead atoms. The van der Waals surface area contributed by atoms with Crippen LogP contribution in [0.25, 0.3) is 0 Å². The van der Waals surface area contributed by atoms with E-state index in [9.17, 15) is 0 Å². The summed E-state index contributed by atoms with van der Waals surface area (Å²) in [6, 6.07) is 7.04. The molecule has 1 fully saturated rings. The van der Waals surface area contributed by atoms with E-state index in [1.54, 1.807) is 0 Å². The fourth-order valence-corrected chi connectivity index (χ4v) is 3.69. The van der Waals surface area contributed by atoms with Gasteiger partial charge in [-0.1, -0.05) is 12.8 Å². The first-order chi connectivity index (χ1) is 9.92. The minimum Gasteiger partial charge on any atom is -0.486 e. The molecule has 0 unspecified atom stereocenters. The number of nitrogens with one attached hydrogen (secondary N) is 1. The Hall–Kier alpha value is -0.870. The predicted octanol–water partition coefficient (Wildman–Crippen LogP) is 3.47. The zero-order valence-corrected chi connectivity index (χ0v) is 12.7. The number of ether oxygens (including phenoxy) is 2. The number of hydrogen-bond donors (Lipinski definition) is 1. The van der Waals surface area contributed by atoms with E-state index in [0.717, 1.165) is 29.8 Å². The predicted molar refractivity (Wildman–Crippen MR) is 83.0 cm³/mol. The fraction of sp³-hybridized carbons (Fsp3) is 0.625. The number of benzene rings is 1. The highest BCUT2D eigenvalue weighted by atomic mass is 32.2. The van der Waals surface area contributed by atoms with Gasteiger partial charge in [0.25, 0.3) is 0 Å². The molecule has 1 N–H and O–H groups in total. The van der Waals surface area contributed by atoms with Crippen molar-refractivity contribution >= 4 is 11.8 Å². The van der Waals surface area contributed by atoms with Crippen molar-refractivity contribution in [2.24, 2.45) is 0 Å². The van der Waals surface area contributed by atoms with Gasteiger partial charge in [-0.2, -0.15) is 0 Å². The van der Waals surface area contributed by atoms with Gasteiger partial charge in [-0.05, 0) is 49.8 Å². The van der Waals surface area contributed by atoms with Crippen molar-refractivity contribution in [3.05, 3.63) is 18.2 Å². The lowest BCUT2D eigenvalue weighted by molar-refractivity contribution is 0.171. The summed E-state index contributed by atoms with van der Waals surface area (Å²) in [6.45, 7) is 2.46. The third kappa shape index (κ3) is 3.83. The highest BCUT2D eigenvalue weighted by Crippen LogP contribution is 2.34. The summed E-state index contributed by atoms with van der Waals surface area (Å²) in [4.78, 5) is 1.27. The number of fused-ring (bicyclic) bond motifs is 1. The second-order valence-electron chi connectivity index (χ2n) is 5.44. The van der Waals surface area contributed by atoms with E-state index in [-0.39, 0.29) is 0 Å². The lowest BCUT2D eigenvalue weighted by atomic mass is 10.2. The largest absolute Gasteiger partial charge is 0.486 e. The van der Waals surface area contributed by atoms with E-state index in [4.69, 9.17) is 9.47 Å². The minimum atomic E-state index is 0.659. The first-order valence-electron chi connectivity index (χ1n) is 7.68. The highest BCUT2D eigenvalue weighted by molar-refractivity contribution is 7.99. The number of rotatable bonds is 6. The van der Waals surface area contributed by atoms with Gasteiger partial charge < -0.3 is 14.8 Å². The van der Waals surface area contributed by atoms with Gasteiger partial charge in [0.15, 0.2) is 11.5 Å². The quantitative estimate of drug-likeness (QED) is 0.642. The second-order valence-corrected chi connectivity index (χ2v) is 6.61. The third-order valence-electron chi connectivity index (χ3n) is 3.89. The van der Waals surface area contributed by atoms with Crippen LogP contribution >= 0.6 is 11.8 Å². The first-order valence-corrected chi connectivity index (χ1v) is 8.66. The van der Waals surface area contributed by atoms with Crippen LogP contribution in [0.1, 0.15) is 32.1 Å². The van der Waals surface area contributed by atoms with Crippen LogP contribution in [-0.2, 0) is 0 Å². The highest BCUT2D eigenvalue weighted by Gasteiger charge is 2.13. The third-order valence-corrected chi connectivity index (χ3v) is 4.97. The van der Waals surface area contributed by atoms with Gasteiger partial charge in [0.05, 0.1) is 0 Å². The topological polar surface area (TPSA) is 30.5 Å². The standard InChI is InChI=1S/C16H23NO2S/c1-2-5-13(4-1)17-8-3-11-20-14-6-7-15-16(12-14)19-10-9-18-15/h6-7,12-13,17H,1-5,8-11H2. The summed E-state index contributed by atoms with van der Waals surface area (Å²) >= 11 is 1.90. The molecule has 0 aromatic heterocycles. The molecule has 0 radical (unpaired) electrons. The van der Waals surface area contributed by atoms with Gasteiger partial charge in [0, 0.05) is 10.9 Å². The van der Waals surface area contributed by atoms with Crippen LogP contribution in [0.2, 0.25) is 0 Å². The van der Waals surface area contributed by atoms with Gasteiger partial charge >= 0.3 is 0 Å². The Kier molecular flexibility index (Phi) is 5.09. The lowest BCUT2D eigenvalue weighted by Gasteiger charge is -2.18. The van der Waals surface area contributed by atoms with E-state index in [0.29, 0.717) is 13.2 Å². The van der Waals surface area contributed by atoms with Gasteiger partial charge in [-0.25, -0.2) is 0 Å². The van der Waals surface area contributed by atoms with Gasteiger partial charge in [0.1, 0.15) is 13.2 Å². The molecule has 0 spiro atoms. The van der Waals surface area contributed by atoms with Crippen LogP contribution in [0.15, 0.2) is 23.1 Å². The molecule has 0 amide bonds. The molecule has 1 aromatic rings. The Morgan fingerprint density at radius 3 is 2.75 bits per heavy atom. The van der Waals surface area contributed by atoms with Crippen LogP contribution in [0.3, 0.4) is 0 Å². The van der Waals surface area contributed by atoms with E-state index < -0.39 is 0 Å². The summed E-state index contributed by atoms with van der Waals surface area (Å²) in [7, 11) is 0. The normalized spacial score (nSPS) is 18.4. The van der Waals surface area contributed by atoms with Crippen molar-refractivity contribution in [3.8, 4) is 11.5 Å². The SMILES string of the molecule is c1cc2c(cc1SCCCNC1CCCC1)OCCO2. The second kappa shape index (κ2) is 7.23. The average molecular weight is 293 g/mol. The number of thioether (sulfide) groups is 1. The molecule has 20 heavy (non-hydrogen) atoms. The maximum Gasteiger partial charge on any atom is 0.162 e. The Labute approximate surface area is 125 Å². The molecule has 1 aliphatic carbocycles. The van der Waals surface area contributed by atoms with Crippen molar-refractivity contribution in [2.45, 2.75) is 43.0 Å². The molecule has 1 saturated carbocycles. The maximum absolute atomic E-state index is 5.61. The Balaban J connectivity index is 1.37. The Morgan fingerprint density at radius 1 is 1.10 bits per heavy atom. The van der Waals surface area contributed by atoms with Gasteiger partial charge in [0.2, 0.25) is 0 Å². The van der Waals surface area contributed by atoms with Crippen molar-refractivity contribution in [2.75, 3.05) is 25.5 Å². The molecule has 3 nitrogen and oxygen atoms in total. The Bertz CT molecular complexity index is 432. The van der Waals surface area contributed by atoms with Crippen molar-refractivity contribution in [3.63, 3.8) is 0 Å². The van der Waals surface area contributed by atoms with Crippen LogP contribution in [-0.4, -0.2) is 31.6 Å². The maximum atomic E-state index is 5.61. The number of hydrogen-bond acceptors (Lipinski definition) is 4. The fourth-order valence-electron chi connectivity index (χ4n) is 2.81. The zero-order valence-electron chi connectivity index (χ0n) is 11.9. The van der Waals surface area contributed by atoms with E-state index in [1.165, 1.54) is 37.0 Å². The van der Waals surface area contributed by atoms with Crippen LogP contribution < -0.4 is 14.8 Å². The molecule has 0 atom stereocenters. The van der Waals surface area contributed by atoms with Crippen molar-refractivity contribution in [1.29, 1.82) is 0 Å². The summed E-state index contributed by atoms with van der Waals surface area (Å²) in [6.07, 6.45) is 6.77. The summed E-state index contributed by atoms with van der Waals surface area (Å²) in [5, 5.41) is 3.66. The molecule has 1 aliphatic heterocycles. The molecular weight excluding hydrogens is 270 g/mol. The minimum absolute atomic E-state index is 0.659. The smallest absolute Gasteiger partial charge is 0.162 e. The molecule has 2 aliphatic rings. The average Bonchev–Trinajstić information content (AvgIpc) is 3.00. The monoisotopic (exact) mass is 293 g/mol.